The first-order valence-electron chi connectivity index (χ1n) is 4.26. The molecular weight excluding hydrogens is 180 g/mol. The van der Waals surface area contributed by atoms with Crippen LogP contribution in [0.15, 0.2) is 18.2 Å². The van der Waals surface area contributed by atoms with Crippen molar-refractivity contribution in [1.29, 1.82) is 0 Å². The third-order valence-corrected chi connectivity index (χ3v) is 2.19. The van der Waals surface area contributed by atoms with Gasteiger partial charge in [0.15, 0.2) is 5.69 Å². The van der Waals surface area contributed by atoms with Gasteiger partial charge < -0.3 is 4.74 Å². The summed E-state index contributed by atoms with van der Waals surface area (Å²) in [5.74, 6) is -0.415. The first-order valence-corrected chi connectivity index (χ1v) is 4.26. The number of carbonyl (C=O) groups is 1. The van der Waals surface area contributed by atoms with Crippen LogP contribution in [0.5, 0.6) is 0 Å². The molecule has 0 spiro atoms. The first kappa shape index (κ1) is 8.74. The zero-order valence-electron chi connectivity index (χ0n) is 8.00. The van der Waals surface area contributed by atoms with E-state index < -0.39 is 5.97 Å². The van der Waals surface area contributed by atoms with Crippen molar-refractivity contribution in [2.45, 2.75) is 6.92 Å². The first-order chi connectivity index (χ1) is 6.74. The molecule has 4 heteroatoms. The van der Waals surface area contributed by atoms with Crippen molar-refractivity contribution in [3.63, 3.8) is 0 Å². The average molecular weight is 190 g/mol. The minimum absolute atomic E-state index is 0.339. The van der Waals surface area contributed by atoms with Gasteiger partial charge in [-0.15, -0.1) is 0 Å². The van der Waals surface area contributed by atoms with Gasteiger partial charge in [0, 0.05) is 5.39 Å². The zero-order chi connectivity index (χ0) is 10.1. The topological polar surface area (TPSA) is 55.0 Å². The number of esters is 1. The molecule has 0 fully saturated rings. The molecule has 1 aromatic carbocycles. The van der Waals surface area contributed by atoms with E-state index in [1.165, 1.54) is 7.11 Å². The highest BCUT2D eigenvalue weighted by molar-refractivity contribution is 6.02. The lowest BCUT2D eigenvalue weighted by molar-refractivity contribution is 0.0596. The van der Waals surface area contributed by atoms with E-state index in [9.17, 15) is 4.79 Å². The summed E-state index contributed by atoms with van der Waals surface area (Å²) in [7, 11) is 1.35. The van der Waals surface area contributed by atoms with Gasteiger partial charge in [-0.2, -0.15) is 5.10 Å². The van der Waals surface area contributed by atoms with E-state index >= 15 is 0 Å². The molecule has 1 heterocycles. The monoisotopic (exact) mass is 190 g/mol. The molecule has 0 saturated carbocycles. The third kappa shape index (κ3) is 1.16. The van der Waals surface area contributed by atoms with Crippen molar-refractivity contribution < 1.29 is 9.53 Å². The van der Waals surface area contributed by atoms with Crippen LogP contribution < -0.4 is 0 Å². The Bertz CT molecular complexity index is 488. The molecule has 0 amide bonds. The standard InChI is InChI=1S/C10H10N2O2/c1-6-4-3-5-7-8(6)11-12-9(7)10(13)14-2/h3-5H,1-2H3,(H,11,12). The van der Waals surface area contributed by atoms with Crippen LogP contribution in [0.4, 0.5) is 0 Å². The summed E-state index contributed by atoms with van der Waals surface area (Å²) < 4.78 is 4.62. The summed E-state index contributed by atoms with van der Waals surface area (Å²) in [4.78, 5) is 11.3. The summed E-state index contributed by atoms with van der Waals surface area (Å²) in [6.45, 7) is 1.96. The van der Waals surface area contributed by atoms with E-state index in [0.717, 1.165) is 16.5 Å². The van der Waals surface area contributed by atoms with Gasteiger partial charge in [0.25, 0.3) is 0 Å². The van der Waals surface area contributed by atoms with E-state index in [2.05, 4.69) is 14.9 Å². The highest BCUT2D eigenvalue weighted by atomic mass is 16.5. The number of hydrogen-bond acceptors (Lipinski definition) is 3. The number of aromatic nitrogens is 2. The maximum absolute atomic E-state index is 11.3. The quantitative estimate of drug-likeness (QED) is 0.696. The predicted molar refractivity (Wildman–Crippen MR) is 52.2 cm³/mol. The smallest absolute Gasteiger partial charge is 0.359 e. The molecule has 0 aliphatic carbocycles. The predicted octanol–water partition coefficient (Wildman–Crippen LogP) is 1.66. The van der Waals surface area contributed by atoms with Gasteiger partial charge in [-0.05, 0) is 12.5 Å². The Labute approximate surface area is 80.9 Å². The van der Waals surface area contributed by atoms with Crippen molar-refractivity contribution in [2.75, 3.05) is 7.11 Å². The fourth-order valence-electron chi connectivity index (χ4n) is 1.44. The minimum Gasteiger partial charge on any atom is -0.464 e. The molecule has 0 aliphatic heterocycles. The van der Waals surface area contributed by atoms with Gasteiger partial charge in [0.1, 0.15) is 0 Å². The molecule has 14 heavy (non-hydrogen) atoms. The molecule has 2 aromatic rings. The van der Waals surface area contributed by atoms with E-state index in [1.807, 2.05) is 25.1 Å². The van der Waals surface area contributed by atoms with E-state index in [1.54, 1.807) is 0 Å². The van der Waals surface area contributed by atoms with Crippen LogP contribution in [0.2, 0.25) is 0 Å². The third-order valence-electron chi connectivity index (χ3n) is 2.19. The van der Waals surface area contributed by atoms with Crippen molar-refractivity contribution in [3.05, 3.63) is 29.5 Å². The molecule has 0 unspecified atom stereocenters. The number of aryl methyl sites for hydroxylation is 1. The largest absolute Gasteiger partial charge is 0.464 e. The van der Waals surface area contributed by atoms with Gasteiger partial charge in [0.05, 0.1) is 12.6 Å². The van der Waals surface area contributed by atoms with Crippen LogP contribution in [0.3, 0.4) is 0 Å². The normalized spacial score (nSPS) is 10.4. The van der Waals surface area contributed by atoms with E-state index in [4.69, 9.17) is 0 Å². The second-order valence-electron chi connectivity index (χ2n) is 3.06. The molecule has 72 valence electrons. The lowest BCUT2D eigenvalue weighted by Crippen LogP contribution is -2.01. The summed E-state index contributed by atoms with van der Waals surface area (Å²) in [5, 5.41) is 7.55. The molecule has 2 rings (SSSR count). The molecule has 1 aromatic heterocycles. The molecule has 1 N–H and O–H groups in total. The van der Waals surface area contributed by atoms with E-state index in [0.29, 0.717) is 5.69 Å². The van der Waals surface area contributed by atoms with Gasteiger partial charge in [0.2, 0.25) is 0 Å². The minimum atomic E-state index is -0.415. The second-order valence-corrected chi connectivity index (χ2v) is 3.06. The summed E-state index contributed by atoms with van der Waals surface area (Å²) in [6.07, 6.45) is 0. The van der Waals surface area contributed by atoms with Crippen molar-refractivity contribution >= 4 is 16.9 Å². The molecular formula is C10H10N2O2. The van der Waals surface area contributed by atoms with Gasteiger partial charge in [-0.1, -0.05) is 18.2 Å². The Hall–Kier alpha value is -1.84. The maximum atomic E-state index is 11.3. The lowest BCUT2D eigenvalue weighted by atomic mass is 10.1. The zero-order valence-corrected chi connectivity index (χ0v) is 8.00. The number of aromatic amines is 1. The van der Waals surface area contributed by atoms with E-state index in [-0.39, 0.29) is 0 Å². The van der Waals surface area contributed by atoms with Gasteiger partial charge >= 0.3 is 5.97 Å². The second kappa shape index (κ2) is 3.14. The number of H-pyrrole nitrogens is 1. The summed E-state index contributed by atoms with van der Waals surface area (Å²) >= 11 is 0. The van der Waals surface area contributed by atoms with Gasteiger partial charge in [-0.25, -0.2) is 4.79 Å². The Kier molecular flexibility index (Phi) is 1.96. The Balaban J connectivity index is 2.70. The Morgan fingerprint density at radius 2 is 2.29 bits per heavy atom. The highest BCUT2D eigenvalue weighted by Gasteiger charge is 2.14. The fraction of sp³-hybridized carbons (Fsp3) is 0.200. The Morgan fingerprint density at radius 3 is 3.00 bits per heavy atom. The number of ether oxygens (including phenoxy) is 1. The number of carbonyl (C=O) groups excluding carboxylic acids is 1. The lowest BCUT2D eigenvalue weighted by Gasteiger charge is -1.95. The number of rotatable bonds is 1. The molecule has 0 radical (unpaired) electrons. The van der Waals surface area contributed by atoms with Crippen molar-refractivity contribution in [2.24, 2.45) is 0 Å². The number of benzene rings is 1. The molecule has 0 aliphatic rings. The fourth-order valence-corrected chi connectivity index (χ4v) is 1.44. The van der Waals surface area contributed by atoms with Crippen LogP contribution in [-0.2, 0) is 4.74 Å². The number of nitrogens with zero attached hydrogens (tertiary/aromatic N) is 1. The number of hydrogen-bond donors (Lipinski definition) is 1. The number of fused-ring (bicyclic) bond motifs is 1. The molecule has 0 bridgehead atoms. The van der Waals surface area contributed by atoms with Crippen molar-refractivity contribution in [1.82, 2.24) is 10.2 Å². The maximum Gasteiger partial charge on any atom is 0.359 e. The van der Waals surface area contributed by atoms with Gasteiger partial charge in [-0.3, -0.25) is 5.10 Å². The van der Waals surface area contributed by atoms with Crippen LogP contribution >= 0.6 is 0 Å². The van der Waals surface area contributed by atoms with Crippen molar-refractivity contribution in [3.8, 4) is 0 Å². The highest BCUT2D eigenvalue weighted by Crippen LogP contribution is 2.19. The SMILES string of the molecule is COC(=O)c1n[nH]c2c(C)cccc12. The summed E-state index contributed by atoms with van der Waals surface area (Å²) in [5.41, 5.74) is 2.28. The van der Waals surface area contributed by atoms with Crippen LogP contribution in [0.1, 0.15) is 16.1 Å². The average Bonchev–Trinajstić information content (AvgIpc) is 2.62. The number of nitrogens with one attached hydrogen (secondary N) is 1. The molecule has 0 atom stereocenters. The molecule has 0 saturated heterocycles. The molecule has 4 nitrogen and oxygen atoms in total. The summed E-state index contributed by atoms with van der Waals surface area (Å²) in [6, 6.07) is 5.69. The van der Waals surface area contributed by atoms with Crippen LogP contribution in [0, 0.1) is 6.92 Å². The number of para-hydroxylation sites is 1. The van der Waals surface area contributed by atoms with Crippen LogP contribution in [0.25, 0.3) is 10.9 Å². The number of methoxy groups -OCH3 is 1. The Morgan fingerprint density at radius 1 is 1.50 bits per heavy atom. The van der Waals surface area contributed by atoms with Crippen LogP contribution in [-0.4, -0.2) is 23.3 Å².